The van der Waals surface area contributed by atoms with Crippen molar-refractivity contribution >= 4 is 0 Å². The van der Waals surface area contributed by atoms with Crippen molar-refractivity contribution < 1.29 is 4.74 Å². The van der Waals surface area contributed by atoms with Crippen LogP contribution in [0.1, 0.15) is 32.2 Å². The molecular weight excluding hydrogens is 238 g/mol. The topological polar surface area (TPSA) is 63.9 Å². The number of nitrogens with two attached hydrogens (primary N) is 1. The number of ether oxygens (including phenoxy) is 1. The third-order valence-electron chi connectivity index (χ3n) is 3.18. The zero-order chi connectivity index (χ0) is 14.0. The molecule has 0 saturated carbocycles. The molecule has 2 aromatic rings. The molecule has 0 fully saturated rings. The number of methoxy groups -OCH3 is 1. The third-order valence-corrected chi connectivity index (χ3v) is 3.18. The lowest BCUT2D eigenvalue weighted by Crippen LogP contribution is -2.11. The van der Waals surface area contributed by atoms with Gasteiger partial charge in [-0.3, -0.25) is 0 Å². The van der Waals surface area contributed by atoms with Crippen molar-refractivity contribution in [3.63, 3.8) is 0 Å². The number of imidazole rings is 1. The zero-order valence-electron chi connectivity index (χ0n) is 11.9. The minimum absolute atomic E-state index is 0.0950. The van der Waals surface area contributed by atoms with Crippen molar-refractivity contribution in [2.45, 2.75) is 32.7 Å². The molecule has 0 aliphatic rings. The van der Waals surface area contributed by atoms with E-state index in [1.54, 1.807) is 13.3 Å². The number of aromatic nitrogens is 2. The van der Waals surface area contributed by atoms with Gasteiger partial charge in [0.15, 0.2) is 0 Å². The highest BCUT2D eigenvalue weighted by Gasteiger charge is 2.17. The summed E-state index contributed by atoms with van der Waals surface area (Å²) in [7, 11) is 1.68. The largest absolute Gasteiger partial charge is 0.496 e. The number of hydrogen-bond acceptors (Lipinski definition) is 3. The Bertz CT molecular complexity index is 567. The summed E-state index contributed by atoms with van der Waals surface area (Å²) in [5.74, 6) is 1.61. The lowest BCUT2D eigenvalue weighted by molar-refractivity contribution is 0.415. The predicted molar refractivity (Wildman–Crippen MR) is 77.2 cm³/mol. The molecule has 0 saturated heterocycles. The highest BCUT2D eigenvalue weighted by Crippen LogP contribution is 2.33. The Kier molecular flexibility index (Phi) is 3.62. The fraction of sp³-hybridized carbons (Fsp3) is 0.400. The van der Waals surface area contributed by atoms with E-state index in [1.165, 1.54) is 5.56 Å². The second-order valence-corrected chi connectivity index (χ2v) is 5.61. The summed E-state index contributed by atoms with van der Waals surface area (Å²) in [5.41, 5.74) is 8.89. The van der Waals surface area contributed by atoms with Gasteiger partial charge >= 0.3 is 0 Å². The summed E-state index contributed by atoms with van der Waals surface area (Å²) < 4.78 is 5.43. The normalized spacial score (nSPS) is 11.6. The first kappa shape index (κ1) is 13.6. The first-order valence-electron chi connectivity index (χ1n) is 6.38. The van der Waals surface area contributed by atoms with Crippen molar-refractivity contribution in [2.24, 2.45) is 5.73 Å². The molecule has 4 heteroatoms. The Morgan fingerprint density at radius 2 is 2.05 bits per heavy atom. The molecule has 0 unspecified atom stereocenters. The minimum Gasteiger partial charge on any atom is -0.496 e. The molecule has 0 atom stereocenters. The standard InChI is InChI=1S/C15H21N3O/c1-15(2,3)10-5-6-13(19-4)11(7-10)12-9-17-14(8-16)18-12/h5-7,9H,8,16H2,1-4H3,(H,17,18). The molecule has 1 aromatic carbocycles. The van der Waals surface area contributed by atoms with E-state index in [1.807, 2.05) is 6.07 Å². The zero-order valence-corrected chi connectivity index (χ0v) is 11.9. The van der Waals surface area contributed by atoms with Gasteiger partial charge in [-0.1, -0.05) is 26.8 Å². The van der Waals surface area contributed by atoms with Crippen LogP contribution in [0.15, 0.2) is 24.4 Å². The Labute approximate surface area is 114 Å². The van der Waals surface area contributed by atoms with Crippen LogP contribution in [0.3, 0.4) is 0 Å². The molecule has 0 spiro atoms. The molecule has 0 bridgehead atoms. The molecule has 1 aromatic heterocycles. The fourth-order valence-corrected chi connectivity index (χ4v) is 1.99. The smallest absolute Gasteiger partial charge is 0.128 e. The number of nitrogens with one attached hydrogen (secondary N) is 1. The molecule has 19 heavy (non-hydrogen) atoms. The number of aromatic amines is 1. The van der Waals surface area contributed by atoms with E-state index in [2.05, 4.69) is 42.9 Å². The van der Waals surface area contributed by atoms with E-state index >= 15 is 0 Å². The van der Waals surface area contributed by atoms with Gasteiger partial charge in [0.05, 0.1) is 25.5 Å². The summed E-state index contributed by atoms with van der Waals surface area (Å²) in [6.45, 7) is 6.98. The van der Waals surface area contributed by atoms with Gasteiger partial charge in [-0.2, -0.15) is 0 Å². The fourth-order valence-electron chi connectivity index (χ4n) is 1.99. The Morgan fingerprint density at radius 1 is 1.32 bits per heavy atom. The number of rotatable bonds is 3. The molecule has 0 aliphatic heterocycles. The Balaban J connectivity index is 2.53. The van der Waals surface area contributed by atoms with Gasteiger partial charge in [0, 0.05) is 5.56 Å². The molecule has 0 amide bonds. The highest BCUT2D eigenvalue weighted by atomic mass is 16.5. The Hall–Kier alpha value is -1.81. The number of benzene rings is 1. The van der Waals surface area contributed by atoms with Gasteiger partial charge < -0.3 is 15.5 Å². The monoisotopic (exact) mass is 259 g/mol. The van der Waals surface area contributed by atoms with Crippen LogP contribution in [-0.4, -0.2) is 17.1 Å². The van der Waals surface area contributed by atoms with Crippen molar-refractivity contribution in [3.8, 4) is 17.0 Å². The van der Waals surface area contributed by atoms with E-state index in [0.717, 1.165) is 22.8 Å². The van der Waals surface area contributed by atoms with E-state index in [-0.39, 0.29) is 5.41 Å². The van der Waals surface area contributed by atoms with Crippen LogP contribution < -0.4 is 10.5 Å². The van der Waals surface area contributed by atoms with E-state index in [4.69, 9.17) is 10.5 Å². The van der Waals surface area contributed by atoms with Crippen LogP contribution in [0.25, 0.3) is 11.3 Å². The maximum absolute atomic E-state index is 5.59. The summed E-state index contributed by atoms with van der Waals surface area (Å²) >= 11 is 0. The molecule has 0 radical (unpaired) electrons. The molecule has 1 heterocycles. The number of hydrogen-bond donors (Lipinski definition) is 2. The number of H-pyrrole nitrogens is 1. The van der Waals surface area contributed by atoms with Crippen LogP contribution in [0.4, 0.5) is 0 Å². The SMILES string of the molecule is COc1ccc(C(C)(C)C)cc1-c1cnc(CN)[nH]1. The summed E-state index contributed by atoms with van der Waals surface area (Å²) in [5, 5.41) is 0. The first-order valence-corrected chi connectivity index (χ1v) is 6.38. The lowest BCUT2D eigenvalue weighted by Gasteiger charge is -2.20. The summed E-state index contributed by atoms with van der Waals surface area (Å²) in [4.78, 5) is 7.46. The second-order valence-electron chi connectivity index (χ2n) is 5.61. The highest BCUT2D eigenvalue weighted by molar-refractivity contribution is 5.68. The molecule has 0 aliphatic carbocycles. The molecular formula is C15H21N3O. The average Bonchev–Trinajstić information content (AvgIpc) is 2.85. The van der Waals surface area contributed by atoms with Crippen LogP contribution in [0, 0.1) is 0 Å². The summed E-state index contributed by atoms with van der Waals surface area (Å²) in [6.07, 6.45) is 1.80. The van der Waals surface area contributed by atoms with Gasteiger partial charge in [0.25, 0.3) is 0 Å². The van der Waals surface area contributed by atoms with Gasteiger partial charge in [0.2, 0.25) is 0 Å². The number of nitrogens with zero attached hydrogens (tertiary/aromatic N) is 1. The second kappa shape index (κ2) is 5.05. The van der Waals surface area contributed by atoms with Crippen molar-refractivity contribution in [1.82, 2.24) is 9.97 Å². The quantitative estimate of drug-likeness (QED) is 0.890. The van der Waals surface area contributed by atoms with Gasteiger partial charge in [-0.05, 0) is 23.1 Å². The van der Waals surface area contributed by atoms with Gasteiger partial charge in [-0.25, -0.2) is 4.98 Å². The van der Waals surface area contributed by atoms with Gasteiger partial charge in [0.1, 0.15) is 11.6 Å². The van der Waals surface area contributed by atoms with Crippen LogP contribution in [0.2, 0.25) is 0 Å². The predicted octanol–water partition coefficient (Wildman–Crippen LogP) is 2.84. The van der Waals surface area contributed by atoms with E-state index in [9.17, 15) is 0 Å². The maximum atomic E-state index is 5.59. The average molecular weight is 259 g/mol. The Morgan fingerprint density at radius 3 is 2.58 bits per heavy atom. The van der Waals surface area contributed by atoms with Gasteiger partial charge in [-0.15, -0.1) is 0 Å². The maximum Gasteiger partial charge on any atom is 0.128 e. The molecule has 3 N–H and O–H groups in total. The molecule has 4 nitrogen and oxygen atoms in total. The van der Waals surface area contributed by atoms with Crippen LogP contribution >= 0.6 is 0 Å². The summed E-state index contributed by atoms with van der Waals surface area (Å²) in [6, 6.07) is 6.24. The van der Waals surface area contributed by atoms with Crippen molar-refractivity contribution in [2.75, 3.05) is 7.11 Å². The van der Waals surface area contributed by atoms with Crippen LogP contribution in [0.5, 0.6) is 5.75 Å². The molecule has 102 valence electrons. The van der Waals surface area contributed by atoms with E-state index in [0.29, 0.717) is 6.54 Å². The van der Waals surface area contributed by atoms with Crippen LogP contribution in [-0.2, 0) is 12.0 Å². The van der Waals surface area contributed by atoms with E-state index < -0.39 is 0 Å². The molecule has 2 rings (SSSR count). The van der Waals surface area contributed by atoms with Crippen molar-refractivity contribution in [3.05, 3.63) is 35.8 Å². The third kappa shape index (κ3) is 2.79. The van der Waals surface area contributed by atoms with Crippen molar-refractivity contribution in [1.29, 1.82) is 0 Å². The minimum atomic E-state index is 0.0950. The lowest BCUT2D eigenvalue weighted by atomic mass is 9.86. The first-order chi connectivity index (χ1) is 8.95.